The lowest BCUT2D eigenvalue weighted by atomic mass is 9.96. The van der Waals surface area contributed by atoms with E-state index < -0.39 is 21.6 Å². The number of anilines is 2. The number of ether oxygens (including phenoxy) is 1. The van der Waals surface area contributed by atoms with Crippen LogP contribution in [0.15, 0.2) is 48.5 Å². The molecule has 1 aromatic heterocycles. The van der Waals surface area contributed by atoms with Gasteiger partial charge in [0.1, 0.15) is 5.82 Å². The Kier molecular flexibility index (Phi) is 7.83. The van der Waals surface area contributed by atoms with E-state index in [1.165, 1.54) is 12.1 Å². The number of hydrogen-bond donors (Lipinski definition) is 0. The molecule has 40 heavy (non-hydrogen) atoms. The number of carbonyl (C=O) groups is 1. The average Bonchev–Trinajstić information content (AvgIpc) is 2.93. The fraction of sp³-hybridized carbons (Fsp3) is 0.393. The molecule has 0 spiro atoms. The minimum atomic E-state index is -4.49. The zero-order chi connectivity index (χ0) is 28.5. The number of sulfone groups is 1. The SMILES string of the molecule is Cc1ccc(C(=O)Cc2cccc(C(F)(F)F)c2)cc1-c1cc(N2CCOCC2)nc(N2CCS(=O)(=O)CC2)n1. The molecular weight excluding hydrogens is 545 g/mol. The Morgan fingerprint density at radius 3 is 2.38 bits per heavy atom. The van der Waals surface area contributed by atoms with Crippen LogP contribution in [0.1, 0.15) is 27.0 Å². The quantitative estimate of drug-likeness (QED) is 0.409. The van der Waals surface area contributed by atoms with Gasteiger partial charge in [0.2, 0.25) is 5.95 Å². The standard InChI is InChI=1S/C28H29F3N4O4S/c1-19-5-6-21(25(36)16-20-3-2-4-22(15-20)28(29,30)31)17-23(19)24-18-26(34-7-11-39-12-8-34)33-27(32-24)35-9-13-40(37,38)14-10-35/h2-6,15,17-18H,7-14,16H2,1H3. The van der Waals surface area contributed by atoms with E-state index in [0.29, 0.717) is 54.9 Å². The molecule has 0 aliphatic carbocycles. The number of benzene rings is 2. The molecule has 0 N–H and O–H groups in total. The van der Waals surface area contributed by atoms with Gasteiger partial charge >= 0.3 is 6.18 Å². The largest absolute Gasteiger partial charge is 0.416 e. The minimum Gasteiger partial charge on any atom is -0.378 e. The van der Waals surface area contributed by atoms with Gasteiger partial charge in [0.25, 0.3) is 0 Å². The Hall–Kier alpha value is -3.51. The zero-order valence-electron chi connectivity index (χ0n) is 21.9. The summed E-state index contributed by atoms with van der Waals surface area (Å²) in [7, 11) is -3.10. The molecule has 2 aromatic carbocycles. The number of hydrogen-bond acceptors (Lipinski definition) is 8. The number of rotatable bonds is 6. The number of aryl methyl sites for hydroxylation is 1. The second-order valence-electron chi connectivity index (χ2n) is 9.98. The summed E-state index contributed by atoms with van der Waals surface area (Å²) in [5.41, 5.74) is 1.96. The molecule has 5 rings (SSSR count). The van der Waals surface area contributed by atoms with Crippen LogP contribution in [0, 0.1) is 6.92 Å². The first kappa shape index (κ1) is 28.0. The van der Waals surface area contributed by atoms with Crippen molar-refractivity contribution in [2.45, 2.75) is 19.5 Å². The summed E-state index contributed by atoms with van der Waals surface area (Å²) in [6.45, 7) is 4.83. The number of nitrogens with zero attached hydrogens (tertiary/aromatic N) is 4. The second-order valence-corrected chi connectivity index (χ2v) is 12.3. The molecule has 2 aliphatic rings. The lowest BCUT2D eigenvalue weighted by Gasteiger charge is -2.31. The van der Waals surface area contributed by atoms with Gasteiger partial charge in [-0.1, -0.05) is 30.3 Å². The summed E-state index contributed by atoms with van der Waals surface area (Å²) >= 11 is 0. The molecule has 0 bridgehead atoms. The molecule has 0 unspecified atom stereocenters. The summed E-state index contributed by atoms with van der Waals surface area (Å²) < 4.78 is 68.9. The smallest absolute Gasteiger partial charge is 0.378 e. The van der Waals surface area contributed by atoms with Crippen molar-refractivity contribution in [2.24, 2.45) is 0 Å². The second kappa shape index (κ2) is 11.2. The molecule has 212 valence electrons. The van der Waals surface area contributed by atoms with E-state index in [-0.39, 0.29) is 42.4 Å². The number of morpholine rings is 1. The van der Waals surface area contributed by atoms with Gasteiger partial charge in [-0.2, -0.15) is 18.2 Å². The van der Waals surface area contributed by atoms with Crippen molar-refractivity contribution >= 4 is 27.4 Å². The number of ketones is 1. The lowest BCUT2D eigenvalue weighted by Crippen LogP contribution is -2.42. The predicted molar refractivity (Wildman–Crippen MR) is 146 cm³/mol. The van der Waals surface area contributed by atoms with Crippen LogP contribution in [0.2, 0.25) is 0 Å². The highest BCUT2D eigenvalue weighted by atomic mass is 32.2. The molecule has 3 heterocycles. The first-order chi connectivity index (χ1) is 19.0. The van der Waals surface area contributed by atoms with Crippen LogP contribution < -0.4 is 9.80 Å². The van der Waals surface area contributed by atoms with Crippen molar-refractivity contribution in [3.63, 3.8) is 0 Å². The molecule has 2 fully saturated rings. The van der Waals surface area contributed by atoms with E-state index in [0.717, 1.165) is 17.7 Å². The van der Waals surface area contributed by atoms with Crippen molar-refractivity contribution < 1.29 is 31.1 Å². The third kappa shape index (κ3) is 6.44. The van der Waals surface area contributed by atoms with Crippen LogP contribution in [-0.4, -0.2) is 75.1 Å². The van der Waals surface area contributed by atoms with E-state index in [1.807, 2.05) is 17.9 Å². The topological polar surface area (TPSA) is 92.7 Å². The van der Waals surface area contributed by atoms with Crippen LogP contribution in [0.25, 0.3) is 11.3 Å². The highest BCUT2D eigenvalue weighted by Crippen LogP contribution is 2.31. The van der Waals surface area contributed by atoms with Gasteiger partial charge in [-0.25, -0.2) is 13.4 Å². The Morgan fingerprint density at radius 1 is 0.950 bits per heavy atom. The molecule has 2 aliphatic heterocycles. The molecule has 12 heteroatoms. The molecular formula is C28H29F3N4O4S. The van der Waals surface area contributed by atoms with Crippen molar-refractivity contribution in [1.82, 2.24) is 9.97 Å². The van der Waals surface area contributed by atoms with Gasteiger partial charge in [-0.15, -0.1) is 0 Å². The number of alkyl halides is 3. The first-order valence-corrected chi connectivity index (χ1v) is 14.8. The average molecular weight is 575 g/mol. The van der Waals surface area contributed by atoms with E-state index in [4.69, 9.17) is 14.7 Å². The summed E-state index contributed by atoms with van der Waals surface area (Å²) in [5.74, 6) is 0.813. The van der Waals surface area contributed by atoms with E-state index in [9.17, 15) is 26.4 Å². The van der Waals surface area contributed by atoms with E-state index >= 15 is 0 Å². The molecule has 3 aromatic rings. The highest BCUT2D eigenvalue weighted by Gasteiger charge is 2.30. The van der Waals surface area contributed by atoms with Gasteiger partial charge < -0.3 is 14.5 Å². The Bertz CT molecular complexity index is 1510. The zero-order valence-corrected chi connectivity index (χ0v) is 22.8. The Labute approximate surface area is 230 Å². The monoisotopic (exact) mass is 574 g/mol. The van der Waals surface area contributed by atoms with E-state index in [2.05, 4.69) is 4.90 Å². The Morgan fingerprint density at radius 2 is 1.68 bits per heavy atom. The maximum atomic E-state index is 13.2. The summed E-state index contributed by atoms with van der Waals surface area (Å²) in [6.07, 6.45) is -4.67. The molecule has 0 saturated carbocycles. The molecule has 8 nitrogen and oxygen atoms in total. The summed E-state index contributed by atoms with van der Waals surface area (Å²) in [5, 5.41) is 0. The van der Waals surface area contributed by atoms with Crippen LogP contribution >= 0.6 is 0 Å². The van der Waals surface area contributed by atoms with Crippen molar-refractivity contribution in [1.29, 1.82) is 0 Å². The lowest BCUT2D eigenvalue weighted by molar-refractivity contribution is -0.137. The molecule has 0 radical (unpaired) electrons. The van der Waals surface area contributed by atoms with Crippen LogP contribution in [0.3, 0.4) is 0 Å². The first-order valence-electron chi connectivity index (χ1n) is 13.0. The fourth-order valence-corrected chi connectivity index (χ4v) is 5.99. The van der Waals surface area contributed by atoms with Crippen molar-refractivity contribution in [3.8, 4) is 11.3 Å². The number of carbonyl (C=O) groups excluding carboxylic acids is 1. The number of halogens is 3. The van der Waals surface area contributed by atoms with Crippen LogP contribution in [0.4, 0.5) is 24.9 Å². The molecule has 2 saturated heterocycles. The van der Waals surface area contributed by atoms with Gasteiger partial charge in [0.05, 0.1) is 36.0 Å². The van der Waals surface area contributed by atoms with Gasteiger partial charge in [-0.3, -0.25) is 4.79 Å². The Balaban J connectivity index is 1.48. The van der Waals surface area contributed by atoms with Gasteiger partial charge in [0, 0.05) is 49.8 Å². The minimum absolute atomic E-state index is 0.0199. The van der Waals surface area contributed by atoms with Crippen LogP contribution in [-0.2, 0) is 27.2 Å². The van der Waals surface area contributed by atoms with Crippen molar-refractivity contribution in [2.75, 3.05) is 60.7 Å². The predicted octanol–water partition coefficient (Wildman–Crippen LogP) is 3.97. The molecule has 0 amide bonds. The van der Waals surface area contributed by atoms with E-state index in [1.54, 1.807) is 18.2 Å². The third-order valence-electron chi connectivity index (χ3n) is 7.12. The highest BCUT2D eigenvalue weighted by molar-refractivity contribution is 7.91. The van der Waals surface area contributed by atoms with Crippen LogP contribution in [0.5, 0.6) is 0 Å². The summed E-state index contributed by atoms with van der Waals surface area (Å²) in [6, 6.07) is 11.8. The normalized spacial score (nSPS) is 17.6. The maximum absolute atomic E-state index is 13.2. The number of aromatic nitrogens is 2. The van der Waals surface area contributed by atoms with Gasteiger partial charge in [0.15, 0.2) is 15.6 Å². The molecule has 0 atom stereocenters. The van der Waals surface area contributed by atoms with Gasteiger partial charge in [-0.05, 0) is 30.2 Å². The number of Topliss-reactive ketones (excluding diaryl/α,β-unsaturated/α-hetero) is 1. The van der Waals surface area contributed by atoms with Crippen molar-refractivity contribution in [3.05, 3.63) is 70.8 Å². The maximum Gasteiger partial charge on any atom is 0.416 e. The summed E-state index contributed by atoms with van der Waals surface area (Å²) in [4.78, 5) is 26.6. The fourth-order valence-electron chi connectivity index (χ4n) is 4.78. The third-order valence-corrected chi connectivity index (χ3v) is 8.73.